The Bertz CT molecular complexity index is 756. The monoisotopic (exact) mass is 326 g/mol. The number of aryl methyl sites for hydroxylation is 2. The largest absolute Gasteiger partial charge is 0.367 e. The number of piperazine rings is 1. The quantitative estimate of drug-likeness (QED) is 0.851. The third-order valence-corrected chi connectivity index (χ3v) is 4.92. The van der Waals surface area contributed by atoms with Crippen molar-refractivity contribution in [3.63, 3.8) is 0 Å². The van der Waals surface area contributed by atoms with E-state index in [-0.39, 0.29) is 5.91 Å². The van der Waals surface area contributed by atoms with Gasteiger partial charge in [-0.15, -0.1) is 11.3 Å². The van der Waals surface area contributed by atoms with Crippen LogP contribution >= 0.6 is 11.3 Å². The minimum absolute atomic E-state index is 0.0993. The van der Waals surface area contributed by atoms with Gasteiger partial charge in [0.25, 0.3) is 5.91 Å². The van der Waals surface area contributed by atoms with Gasteiger partial charge in [0.1, 0.15) is 6.07 Å². The summed E-state index contributed by atoms with van der Waals surface area (Å²) in [6.45, 7) is 6.60. The van der Waals surface area contributed by atoms with Gasteiger partial charge in [0.15, 0.2) is 0 Å². The fourth-order valence-electron chi connectivity index (χ4n) is 2.90. The molecule has 3 heterocycles. The van der Waals surface area contributed by atoms with Crippen LogP contribution in [0.3, 0.4) is 0 Å². The van der Waals surface area contributed by atoms with Crippen LogP contribution in [0, 0.1) is 25.2 Å². The maximum atomic E-state index is 12.4. The van der Waals surface area contributed by atoms with E-state index in [0.717, 1.165) is 35.0 Å². The van der Waals surface area contributed by atoms with Crippen molar-refractivity contribution in [3.05, 3.63) is 45.4 Å². The molecule has 1 amide bonds. The first-order chi connectivity index (χ1) is 11.1. The third-order valence-electron chi connectivity index (χ3n) is 4.06. The molecule has 3 rings (SSSR count). The van der Waals surface area contributed by atoms with Crippen LogP contribution in [0.5, 0.6) is 0 Å². The number of hydrogen-bond donors (Lipinski definition) is 0. The molecule has 0 spiro atoms. The highest BCUT2D eigenvalue weighted by Crippen LogP contribution is 2.25. The van der Waals surface area contributed by atoms with Gasteiger partial charge in [0.2, 0.25) is 0 Å². The van der Waals surface area contributed by atoms with Crippen molar-refractivity contribution in [3.8, 4) is 6.07 Å². The molecule has 0 radical (unpaired) electrons. The number of carbonyl (C=O) groups is 1. The molecule has 0 N–H and O–H groups in total. The zero-order valence-electron chi connectivity index (χ0n) is 13.2. The van der Waals surface area contributed by atoms with Crippen molar-refractivity contribution < 1.29 is 4.79 Å². The number of pyridine rings is 1. The summed E-state index contributed by atoms with van der Waals surface area (Å²) in [5, 5.41) is 11.3. The summed E-state index contributed by atoms with van der Waals surface area (Å²) in [5.74, 6) is 0.0993. The van der Waals surface area contributed by atoms with Crippen LogP contribution in [0.4, 0.5) is 5.69 Å². The van der Waals surface area contributed by atoms with Gasteiger partial charge in [-0.2, -0.15) is 5.26 Å². The SMILES string of the molecule is Cc1cc(N2CCN(C(=O)c3cccs3)CC2)c(C#N)c(C)n1. The lowest BCUT2D eigenvalue weighted by Gasteiger charge is -2.36. The number of aromatic nitrogens is 1. The van der Waals surface area contributed by atoms with Crippen LogP contribution in [0.2, 0.25) is 0 Å². The molecule has 0 atom stereocenters. The Morgan fingerprint density at radius 2 is 2.04 bits per heavy atom. The van der Waals surface area contributed by atoms with Gasteiger partial charge < -0.3 is 9.80 Å². The molecule has 1 fully saturated rings. The molecule has 1 aliphatic rings. The van der Waals surface area contributed by atoms with E-state index >= 15 is 0 Å². The van der Waals surface area contributed by atoms with Crippen molar-refractivity contribution in [1.29, 1.82) is 5.26 Å². The maximum absolute atomic E-state index is 12.4. The average molecular weight is 326 g/mol. The molecule has 0 aromatic carbocycles. The first-order valence-electron chi connectivity index (χ1n) is 7.56. The average Bonchev–Trinajstić information content (AvgIpc) is 3.08. The summed E-state index contributed by atoms with van der Waals surface area (Å²) in [4.78, 5) is 21.6. The zero-order valence-corrected chi connectivity index (χ0v) is 14.1. The highest BCUT2D eigenvalue weighted by Gasteiger charge is 2.24. The van der Waals surface area contributed by atoms with Crippen LogP contribution in [0.1, 0.15) is 26.6 Å². The second kappa shape index (κ2) is 6.39. The second-order valence-corrected chi connectivity index (χ2v) is 6.56. The molecule has 0 bridgehead atoms. The van der Waals surface area contributed by atoms with Gasteiger partial charge in [-0.25, -0.2) is 0 Å². The van der Waals surface area contributed by atoms with E-state index in [0.29, 0.717) is 18.7 Å². The summed E-state index contributed by atoms with van der Waals surface area (Å²) in [7, 11) is 0. The summed E-state index contributed by atoms with van der Waals surface area (Å²) in [6, 6.07) is 7.98. The molecule has 0 unspecified atom stereocenters. The molecule has 0 aliphatic carbocycles. The molecule has 0 saturated carbocycles. The van der Waals surface area contributed by atoms with Crippen LogP contribution < -0.4 is 4.90 Å². The first kappa shape index (κ1) is 15.5. The fourth-order valence-corrected chi connectivity index (χ4v) is 3.59. The van der Waals surface area contributed by atoms with Gasteiger partial charge in [0, 0.05) is 31.9 Å². The highest BCUT2D eigenvalue weighted by atomic mass is 32.1. The molecule has 1 aliphatic heterocycles. The van der Waals surface area contributed by atoms with Crippen LogP contribution in [-0.4, -0.2) is 42.0 Å². The molecule has 5 nitrogen and oxygen atoms in total. The minimum atomic E-state index is 0.0993. The smallest absolute Gasteiger partial charge is 0.264 e. The van der Waals surface area contributed by atoms with E-state index in [1.54, 1.807) is 0 Å². The lowest BCUT2D eigenvalue weighted by molar-refractivity contribution is 0.0751. The predicted molar refractivity (Wildman–Crippen MR) is 90.9 cm³/mol. The van der Waals surface area contributed by atoms with Crippen LogP contribution in [0.25, 0.3) is 0 Å². The fraction of sp³-hybridized carbons (Fsp3) is 0.353. The summed E-state index contributed by atoms with van der Waals surface area (Å²) in [5.41, 5.74) is 3.24. The summed E-state index contributed by atoms with van der Waals surface area (Å²) < 4.78 is 0. The summed E-state index contributed by atoms with van der Waals surface area (Å²) >= 11 is 1.48. The molecular weight excluding hydrogens is 308 g/mol. The maximum Gasteiger partial charge on any atom is 0.264 e. The normalized spacial score (nSPS) is 14.7. The number of anilines is 1. The Morgan fingerprint density at radius 1 is 1.30 bits per heavy atom. The van der Waals surface area contributed by atoms with E-state index in [1.165, 1.54) is 11.3 Å². The van der Waals surface area contributed by atoms with E-state index in [4.69, 9.17) is 0 Å². The van der Waals surface area contributed by atoms with Gasteiger partial charge in [-0.1, -0.05) is 6.07 Å². The second-order valence-electron chi connectivity index (χ2n) is 5.61. The van der Waals surface area contributed by atoms with Gasteiger partial charge in [-0.05, 0) is 31.4 Å². The van der Waals surface area contributed by atoms with Crippen molar-refractivity contribution >= 4 is 22.9 Å². The first-order valence-corrected chi connectivity index (χ1v) is 8.44. The lowest BCUT2D eigenvalue weighted by atomic mass is 10.1. The van der Waals surface area contributed by atoms with Crippen LogP contribution in [0.15, 0.2) is 23.6 Å². The Balaban J connectivity index is 1.75. The van der Waals surface area contributed by atoms with E-state index in [2.05, 4.69) is 16.0 Å². The Morgan fingerprint density at radius 3 is 2.65 bits per heavy atom. The van der Waals surface area contributed by atoms with Gasteiger partial charge >= 0.3 is 0 Å². The molecule has 1 saturated heterocycles. The Labute approximate surface area is 139 Å². The molecular formula is C17H18N4OS. The third kappa shape index (κ3) is 3.06. The molecule has 23 heavy (non-hydrogen) atoms. The van der Waals surface area contributed by atoms with Crippen LogP contribution in [-0.2, 0) is 0 Å². The van der Waals surface area contributed by atoms with E-state index in [1.807, 2.05) is 42.3 Å². The number of hydrogen-bond acceptors (Lipinski definition) is 5. The Kier molecular flexibility index (Phi) is 4.30. The number of rotatable bonds is 2. The topological polar surface area (TPSA) is 60.2 Å². The lowest BCUT2D eigenvalue weighted by Crippen LogP contribution is -2.49. The zero-order chi connectivity index (χ0) is 16.4. The van der Waals surface area contributed by atoms with Crippen molar-refractivity contribution in [2.75, 3.05) is 31.1 Å². The van der Waals surface area contributed by atoms with Crippen molar-refractivity contribution in [2.45, 2.75) is 13.8 Å². The minimum Gasteiger partial charge on any atom is -0.367 e. The standard InChI is InChI=1S/C17H18N4OS/c1-12-10-15(14(11-18)13(2)19-12)20-5-7-21(8-6-20)17(22)16-4-3-9-23-16/h3-4,9-10H,5-8H2,1-2H3. The van der Waals surface area contributed by atoms with E-state index in [9.17, 15) is 10.1 Å². The number of nitrogens with zero attached hydrogens (tertiary/aromatic N) is 4. The molecule has 118 valence electrons. The predicted octanol–water partition coefficient (Wildman–Crippen LogP) is 2.59. The van der Waals surface area contributed by atoms with Gasteiger partial charge in [0.05, 0.1) is 21.8 Å². The summed E-state index contributed by atoms with van der Waals surface area (Å²) in [6.07, 6.45) is 0. The number of amides is 1. The van der Waals surface area contributed by atoms with Crippen molar-refractivity contribution in [2.24, 2.45) is 0 Å². The van der Waals surface area contributed by atoms with Crippen molar-refractivity contribution in [1.82, 2.24) is 9.88 Å². The molecule has 2 aromatic heterocycles. The number of nitriles is 1. The van der Waals surface area contributed by atoms with Gasteiger partial charge in [-0.3, -0.25) is 9.78 Å². The molecule has 2 aromatic rings. The Hall–Kier alpha value is -2.39. The molecule has 6 heteroatoms. The number of thiophene rings is 1. The highest BCUT2D eigenvalue weighted by molar-refractivity contribution is 7.12. The number of carbonyl (C=O) groups excluding carboxylic acids is 1. The van der Waals surface area contributed by atoms with E-state index < -0.39 is 0 Å².